The van der Waals surface area contributed by atoms with Crippen molar-refractivity contribution in [2.24, 2.45) is 12.8 Å². The third-order valence-corrected chi connectivity index (χ3v) is 3.23. The van der Waals surface area contributed by atoms with Gasteiger partial charge in [-0.3, -0.25) is 0 Å². The molecule has 0 bridgehead atoms. The van der Waals surface area contributed by atoms with Crippen LogP contribution >= 0.6 is 0 Å². The molecule has 0 aliphatic rings. The van der Waals surface area contributed by atoms with Gasteiger partial charge in [-0.15, -0.1) is 0 Å². The zero-order chi connectivity index (χ0) is 12.1. The van der Waals surface area contributed by atoms with Crippen molar-refractivity contribution in [1.29, 1.82) is 0 Å². The standard InChI is InChI=1S/C14H21N3/c1-17-13-9-6-5-8-12(13)16-14(17)10-4-2-3-7-11-15/h5-6,8-9H,2-4,7,10-11,15H2,1H3. The Bertz CT molecular complexity index is 473. The smallest absolute Gasteiger partial charge is 0.109 e. The molecule has 1 aromatic heterocycles. The molecule has 2 aromatic rings. The lowest BCUT2D eigenvalue weighted by Crippen LogP contribution is -2.00. The molecule has 0 amide bonds. The van der Waals surface area contributed by atoms with Crippen molar-refractivity contribution in [2.45, 2.75) is 32.1 Å². The summed E-state index contributed by atoms with van der Waals surface area (Å²) < 4.78 is 2.21. The number of rotatable bonds is 6. The third kappa shape index (κ3) is 2.86. The highest BCUT2D eigenvalue weighted by atomic mass is 15.1. The second-order valence-electron chi connectivity index (χ2n) is 4.53. The first kappa shape index (κ1) is 12.1. The number of benzene rings is 1. The van der Waals surface area contributed by atoms with Crippen LogP contribution in [-0.2, 0) is 13.5 Å². The van der Waals surface area contributed by atoms with E-state index < -0.39 is 0 Å². The topological polar surface area (TPSA) is 43.8 Å². The zero-order valence-electron chi connectivity index (χ0n) is 10.5. The Hall–Kier alpha value is -1.35. The van der Waals surface area contributed by atoms with Crippen LogP contribution < -0.4 is 5.73 Å². The number of hydrogen-bond acceptors (Lipinski definition) is 2. The molecule has 3 heteroatoms. The molecule has 0 fully saturated rings. The molecule has 1 aromatic carbocycles. The minimum absolute atomic E-state index is 0.812. The van der Waals surface area contributed by atoms with Crippen LogP contribution in [0, 0.1) is 0 Å². The van der Waals surface area contributed by atoms with E-state index in [9.17, 15) is 0 Å². The maximum absolute atomic E-state index is 5.48. The van der Waals surface area contributed by atoms with Gasteiger partial charge in [0.25, 0.3) is 0 Å². The molecular formula is C14H21N3. The van der Waals surface area contributed by atoms with Gasteiger partial charge in [-0.05, 0) is 31.5 Å². The summed E-state index contributed by atoms with van der Waals surface area (Å²) in [6.45, 7) is 0.812. The average Bonchev–Trinajstić information content (AvgIpc) is 2.67. The van der Waals surface area contributed by atoms with Crippen molar-refractivity contribution < 1.29 is 0 Å². The van der Waals surface area contributed by atoms with E-state index >= 15 is 0 Å². The second-order valence-corrected chi connectivity index (χ2v) is 4.53. The number of unbranched alkanes of at least 4 members (excludes halogenated alkanes) is 3. The van der Waals surface area contributed by atoms with Crippen molar-refractivity contribution >= 4 is 11.0 Å². The van der Waals surface area contributed by atoms with E-state index in [1.165, 1.54) is 30.6 Å². The summed E-state index contributed by atoms with van der Waals surface area (Å²) >= 11 is 0. The quantitative estimate of drug-likeness (QED) is 0.777. The molecular weight excluding hydrogens is 210 g/mol. The van der Waals surface area contributed by atoms with E-state index in [4.69, 9.17) is 5.73 Å². The normalized spacial score (nSPS) is 11.2. The fraction of sp³-hybridized carbons (Fsp3) is 0.500. The van der Waals surface area contributed by atoms with Crippen molar-refractivity contribution in [3.63, 3.8) is 0 Å². The van der Waals surface area contributed by atoms with E-state index in [2.05, 4.69) is 34.8 Å². The van der Waals surface area contributed by atoms with Crippen LogP contribution in [0.1, 0.15) is 31.5 Å². The third-order valence-electron chi connectivity index (χ3n) is 3.23. The minimum Gasteiger partial charge on any atom is -0.331 e. The van der Waals surface area contributed by atoms with E-state index in [1.54, 1.807) is 0 Å². The van der Waals surface area contributed by atoms with Gasteiger partial charge >= 0.3 is 0 Å². The molecule has 0 saturated carbocycles. The van der Waals surface area contributed by atoms with E-state index in [0.717, 1.165) is 24.9 Å². The fourth-order valence-electron chi connectivity index (χ4n) is 2.20. The molecule has 0 saturated heterocycles. The van der Waals surface area contributed by atoms with Crippen molar-refractivity contribution in [1.82, 2.24) is 9.55 Å². The van der Waals surface area contributed by atoms with Crippen LogP contribution in [0.4, 0.5) is 0 Å². The lowest BCUT2D eigenvalue weighted by molar-refractivity contribution is 0.627. The maximum Gasteiger partial charge on any atom is 0.109 e. The van der Waals surface area contributed by atoms with Gasteiger partial charge in [-0.25, -0.2) is 4.98 Å². The first-order chi connectivity index (χ1) is 8.33. The molecule has 3 nitrogen and oxygen atoms in total. The second kappa shape index (κ2) is 5.82. The number of hydrogen-bond donors (Lipinski definition) is 1. The van der Waals surface area contributed by atoms with Crippen LogP contribution in [-0.4, -0.2) is 16.1 Å². The Morgan fingerprint density at radius 2 is 1.88 bits per heavy atom. The van der Waals surface area contributed by atoms with Crippen LogP contribution in [0.25, 0.3) is 11.0 Å². The Labute approximate surface area is 103 Å². The van der Waals surface area contributed by atoms with Crippen LogP contribution in [0.5, 0.6) is 0 Å². The summed E-state index contributed by atoms with van der Waals surface area (Å²) in [6.07, 6.45) is 5.90. The van der Waals surface area contributed by atoms with E-state index in [-0.39, 0.29) is 0 Å². The molecule has 0 radical (unpaired) electrons. The van der Waals surface area contributed by atoms with Gasteiger partial charge in [0.05, 0.1) is 11.0 Å². The Balaban J connectivity index is 1.97. The average molecular weight is 231 g/mol. The molecule has 92 valence electrons. The van der Waals surface area contributed by atoms with Gasteiger partial charge < -0.3 is 10.3 Å². The summed E-state index contributed by atoms with van der Waals surface area (Å²) in [5, 5.41) is 0. The molecule has 2 N–H and O–H groups in total. The number of aryl methyl sites for hydroxylation is 2. The Morgan fingerprint density at radius 3 is 2.65 bits per heavy atom. The monoisotopic (exact) mass is 231 g/mol. The highest BCUT2D eigenvalue weighted by molar-refractivity contribution is 5.75. The van der Waals surface area contributed by atoms with Crippen LogP contribution in [0.3, 0.4) is 0 Å². The molecule has 2 rings (SSSR count). The summed E-state index contributed by atoms with van der Waals surface area (Å²) in [4.78, 5) is 4.67. The SMILES string of the molecule is Cn1c(CCCCCCN)nc2ccccc21. The van der Waals surface area contributed by atoms with Crippen molar-refractivity contribution in [2.75, 3.05) is 6.54 Å². The van der Waals surface area contributed by atoms with Crippen LogP contribution in [0.15, 0.2) is 24.3 Å². The van der Waals surface area contributed by atoms with E-state index in [0.29, 0.717) is 0 Å². The van der Waals surface area contributed by atoms with Gasteiger partial charge in [0.15, 0.2) is 0 Å². The largest absolute Gasteiger partial charge is 0.331 e. The molecule has 0 spiro atoms. The Morgan fingerprint density at radius 1 is 1.12 bits per heavy atom. The number of nitrogens with zero attached hydrogens (tertiary/aromatic N) is 2. The van der Waals surface area contributed by atoms with Gasteiger partial charge in [-0.1, -0.05) is 25.0 Å². The molecule has 0 aliphatic carbocycles. The van der Waals surface area contributed by atoms with Gasteiger partial charge in [0.2, 0.25) is 0 Å². The number of aromatic nitrogens is 2. The first-order valence-electron chi connectivity index (χ1n) is 6.43. The predicted octanol–water partition coefficient (Wildman–Crippen LogP) is 2.63. The minimum atomic E-state index is 0.812. The lowest BCUT2D eigenvalue weighted by atomic mass is 10.1. The number of imidazole rings is 1. The maximum atomic E-state index is 5.48. The Kier molecular flexibility index (Phi) is 4.15. The zero-order valence-corrected chi connectivity index (χ0v) is 10.5. The van der Waals surface area contributed by atoms with Gasteiger partial charge in [0, 0.05) is 13.5 Å². The highest BCUT2D eigenvalue weighted by Gasteiger charge is 2.05. The summed E-state index contributed by atoms with van der Waals surface area (Å²) in [6, 6.07) is 8.31. The highest BCUT2D eigenvalue weighted by Crippen LogP contribution is 2.16. The molecule has 17 heavy (non-hydrogen) atoms. The summed E-state index contributed by atoms with van der Waals surface area (Å²) in [7, 11) is 2.10. The molecule has 0 aliphatic heterocycles. The molecule has 0 unspecified atom stereocenters. The molecule has 1 heterocycles. The number of nitrogens with two attached hydrogens (primary N) is 1. The first-order valence-corrected chi connectivity index (χ1v) is 6.43. The number of para-hydroxylation sites is 2. The summed E-state index contributed by atoms with van der Waals surface area (Å²) in [5.74, 6) is 1.19. The molecule has 0 atom stereocenters. The summed E-state index contributed by atoms with van der Waals surface area (Å²) in [5.41, 5.74) is 7.81. The predicted molar refractivity (Wildman–Crippen MR) is 71.9 cm³/mol. The van der Waals surface area contributed by atoms with Gasteiger partial charge in [0.1, 0.15) is 5.82 Å². The van der Waals surface area contributed by atoms with Crippen molar-refractivity contribution in [3.05, 3.63) is 30.1 Å². The number of fused-ring (bicyclic) bond motifs is 1. The van der Waals surface area contributed by atoms with E-state index in [1.807, 2.05) is 6.07 Å². The fourth-order valence-corrected chi connectivity index (χ4v) is 2.20. The lowest BCUT2D eigenvalue weighted by Gasteiger charge is -2.02. The van der Waals surface area contributed by atoms with Gasteiger partial charge in [-0.2, -0.15) is 0 Å². The van der Waals surface area contributed by atoms with Crippen molar-refractivity contribution in [3.8, 4) is 0 Å². The van der Waals surface area contributed by atoms with Crippen LogP contribution in [0.2, 0.25) is 0 Å².